The Balaban J connectivity index is 1.29. The average Bonchev–Trinajstić information content (AvgIpc) is 3.49. The molecule has 6 rings (SSSR count). The summed E-state index contributed by atoms with van der Waals surface area (Å²) >= 11 is 0. The van der Waals surface area contributed by atoms with Gasteiger partial charge >= 0.3 is 12.0 Å². The van der Waals surface area contributed by atoms with E-state index in [4.69, 9.17) is 14.7 Å². The standard InChI is InChI=1S/C33H38N8O4/c1-38-14-5-7-25(38)22-45-33-36-28-21-39(29-19-35-18-23-6-3-4-8-26(23)29)15-12-27(28)32(37-33)40-16-17-41(24(20-40)11-13-34)30(42)9-10-31(43)44-2/h3-4,6,8-10,18-19,24-25H,5,7,11-12,14-17,20-22H2,1-2H3/b10-9+/t24-,25-/m0/s1. The molecule has 0 N–H and O–H groups in total. The van der Waals surface area contributed by atoms with Crippen molar-refractivity contribution >= 4 is 34.2 Å². The maximum absolute atomic E-state index is 13.0. The number of carbonyl (C=O) groups excluding carboxylic acids is 2. The minimum atomic E-state index is -0.601. The number of fused-ring (bicyclic) bond motifs is 2. The van der Waals surface area contributed by atoms with Crippen molar-refractivity contribution in [3.63, 3.8) is 0 Å². The number of piperazine rings is 1. The lowest BCUT2D eigenvalue weighted by Gasteiger charge is -2.42. The van der Waals surface area contributed by atoms with Gasteiger partial charge in [-0.1, -0.05) is 24.3 Å². The van der Waals surface area contributed by atoms with Crippen molar-refractivity contribution in [1.29, 1.82) is 5.26 Å². The van der Waals surface area contributed by atoms with E-state index < -0.39 is 5.97 Å². The summed E-state index contributed by atoms with van der Waals surface area (Å²) in [6.45, 7) is 4.24. The predicted octanol–water partition coefficient (Wildman–Crippen LogP) is 2.72. The zero-order chi connectivity index (χ0) is 31.3. The third-order valence-electron chi connectivity index (χ3n) is 9.04. The molecule has 2 aromatic heterocycles. The maximum atomic E-state index is 13.0. The summed E-state index contributed by atoms with van der Waals surface area (Å²) in [5.74, 6) is -0.129. The Kier molecular flexibility index (Phi) is 9.07. The number of likely N-dealkylation sites (N-methyl/N-ethyl adjacent to an activating group) is 1. The van der Waals surface area contributed by atoms with Gasteiger partial charge in [-0.3, -0.25) is 9.78 Å². The number of rotatable bonds is 8. The molecular formula is C33H38N8O4. The van der Waals surface area contributed by atoms with Crippen LogP contribution in [0.25, 0.3) is 10.8 Å². The zero-order valence-corrected chi connectivity index (χ0v) is 25.8. The quantitative estimate of drug-likeness (QED) is 0.276. The van der Waals surface area contributed by atoms with E-state index in [1.807, 2.05) is 24.5 Å². The van der Waals surface area contributed by atoms with Crippen LogP contribution in [0, 0.1) is 11.3 Å². The van der Waals surface area contributed by atoms with Gasteiger partial charge in [-0.2, -0.15) is 15.2 Å². The van der Waals surface area contributed by atoms with E-state index in [1.165, 1.54) is 13.2 Å². The number of aromatic nitrogens is 3. The van der Waals surface area contributed by atoms with E-state index in [1.54, 1.807) is 4.90 Å². The number of pyridine rings is 1. The van der Waals surface area contributed by atoms with Crippen molar-refractivity contribution in [3.8, 4) is 12.1 Å². The fourth-order valence-electron chi connectivity index (χ4n) is 6.55. The van der Waals surface area contributed by atoms with Crippen molar-refractivity contribution in [2.45, 2.75) is 44.3 Å². The van der Waals surface area contributed by atoms with Crippen molar-refractivity contribution in [1.82, 2.24) is 24.8 Å². The summed E-state index contributed by atoms with van der Waals surface area (Å²) in [5, 5.41) is 11.9. The van der Waals surface area contributed by atoms with Crippen LogP contribution in [0.15, 0.2) is 48.8 Å². The molecule has 234 valence electrons. The van der Waals surface area contributed by atoms with Gasteiger partial charge in [0.1, 0.15) is 12.4 Å². The van der Waals surface area contributed by atoms with Crippen LogP contribution in [-0.4, -0.2) is 102 Å². The van der Waals surface area contributed by atoms with E-state index in [0.29, 0.717) is 44.8 Å². The molecule has 45 heavy (non-hydrogen) atoms. The van der Waals surface area contributed by atoms with Crippen molar-refractivity contribution in [2.75, 3.05) is 63.3 Å². The first-order valence-electron chi connectivity index (χ1n) is 15.4. The smallest absolute Gasteiger partial charge is 0.330 e. The molecule has 0 bridgehead atoms. The first kappa shape index (κ1) is 30.3. The maximum Gasteiger partial charge on any atom is 0.330 e. The number of ether oxygens (including phenoxy) is 2. The molecule has 0 radical (unpaired) electrons. The number of likely N-dealkylation sites (tertiary alicyclic amines) is 1. The number of hydrogen-bond donors (Lipinski definition) is 0. The highest BCUT2D eigenvalue weighted by Gasteiger charge is 2.34. The normalized spacial score (nSPS) is 20.3. The van der Waals surface area contributed by atoms with Gasteiger partial charge in [0, 0.05) is 66.9 Å². The van der Waals surface area contributed by atoms with Crippen molar-refractivity contribution < 1.29 is 19.1 Å². The summed E-state index contributed by atoms with van der Waals surface area (Å²) in [5.41, 5.74) is 3.03. The number of esters is 1. The van der Waals surface area contributed by atoms with Gasteiger partial charge in [0.2, 0.25) is 5.91 Å². The Morgan fingerprint density at radius 1 is 1.07 bits per heavy atom. The first-order chi connectivity index (χ1) is 21.9. The molecule has 3 aromatic rings. The summed E-state index contributed by atoms with van der Waals surface area (Å²) in [6.07, 6.45) is 9.22. The van der Waals surface area contributed by atoms with Crippen molar-refractivity contribution in [3.05, 3.63) is 60.1 Å². The number of nitrogens with zero attached hydrogens (tertiary/aromatic N) is 8. The summed E-state index contributed by atoms with van der Waals surface area (Å²) in [7, 11) is 3.38. The lowest BCUT2D eigenvalue weighted by molar-refractivity contribution is -0.135. The Labute approximate surface area is 262 Å². The van der Waals surface area contributed by atoms with Gasteiger partial charge < -0.3 is 29.1 Å². The molecule has 0 spiro atoms. The minimum absolute atomic E-state index is 0.154. The highest BCUT2D eigenvalue weighted by atomic mass is 16.5. The molecule has 1 amide bonds. The van der Waals surface area contributed by atoms with E-state index in [0.717, 1.165) is 72.0 Å². The molecule has 2 saturated heterocycles. The monoisotopic (exact) mass is 610 g/mol. The summed E-state index contributed by atoms with van der Waals surface area (Å²) in [6, 6.07) is 10.8. The summed E-state index contributed by atoms with van der Waals surface area (Å²) in [4.78, 5) is 47.4. The summed E-state index contributed by atoms with van der Waals surface area (Å²) < 4.78 is 10.9. The van der Waals surface area contributed by atoms with Crippen LogP contribution < -0.4 is 14.5 Å². The largest absolute Gasteiger partial charge is 0.466 e. The Morgan fingerprint density at radius 3 is 2.73 bits per heavy atom. The van der Waals surface area contributed by atoms with Crippen LogP contribution in [-0.2, 0) is 27.3 Å². The molecule has 3 aliphatic rings. The molecule has 2 atom stereocenters. The highest BCUT2D eigenvalue weighted by molar-refractivity contribution is 5.95. The topological polar surface area (TPSA) is 128 Å². The number of nitriles is 1. The Bertz CT molecular complexity index is 1630. The number of benzene rings is 1. The molecule has 0 unspecified atom stereocenters. The molecular weight excluding hydrogens is 572 g/mol. The fraction of sp³-hybridized carbons (Fsp3) is 0.455. The molecule has 0 aliphatic carbocycles. The van der Waals surface area contributed by atoms with Crippen LogP contribution in [0.1, 0.15) is 30.5 Å². The average molecular weight is 611 g/mol. The number of anilines is 2. The predicted molar refractivity (Wildman–Crippen MR) is 169 cm³/mol. The second-order valence-corrected chi connectivity index (χ2v) is 11.7. The highest BCUT2D eigenvalue weighted by Crippen LogP contribution is 2.34. The molecule has 5 heterocycles. The lowest BCUT2D eigenvalue weighted by atomic mass is 10.0. The minimum Gasteiger partial charge on any atom is -0.466 e. The van der Waals surface area contributed by atoms with Gasteiger partial charge in [-0.15, -0.1) is 0 Å². The molecule has 12 nitrogen and oxygen atoms in total. The van der Waals surface area contributed by atoms with Gasteiger partial charge in [0.25, 0.3) is 0 Å². The number of amides is 1. The molecule has 12 heteroatoms. The van der Waals surface area contributed by atoms with Gasteiger partial charge in [-0.25, -0.2) is 4.79 Å². The van der Waals surface area contributed by atoms with Gasteiger partial charge in [0.15, 0.2) is 0 Å². The van der Waals surface area contributed by atoms with Crippen LogP contribution in [0.3, 0.4) is 0 Å². The van der Waals surface area contributed by atoms with Gasteiger partial charge in [-0.05, 0) is 32.9 Å². The second-order valence-electron chi connectivity index (χ2n) is 11.7. The molecule has 2 fully saturated rings. The molecule has 0 saturated carbocycles. The number of methoxy groups -OCH3 is 1. The lowest BCUT2D eigenvalue weighted by Crippen LogP contribution is -2.55. The molecule has 1 aromatic carbocycles. The van der Waals surface area contributed by atoms with Crippen LogP contribution in [0.5, 0.6) is 6.01 Å². The molecule has 3 aliphatic heterocycles. The van der Waals surface area contributed by atoms with E-state index >= 15 is 0 Å². The third kappa shape index (κ3) is 6.54. The van der Waals surface area contributed by atoms with Crippen LogP contribution in [0.4, 0.5) is 11.5 Å². The van der Waals surface area contributed by atoms with E-state index in [-0.39, 0.29) is 18.4 Å². The zero-order valence-electron chi connectivity index (χ0n) is 25.8. The number of hydrogen-bond acceptors (Lipinski definition) is 11. The third-order valence-corrected chi connectivity index (χ3v) is 9.04. The fourth-order valence-corrected chi connectivity index (χ4v) is 6.55. The van der Waals surface area contributed by atoms with Crippen molar-refractivity contribution in [2.24, 2.45) is 0 Å². The van der Waals surface area contributed by atoms with E-state index in [2.05, 4.69) is 49.7 Å². The van der Waals surface area contributed by atoms with Crippen LogP contribution >= 0.6 is 0 Å². The van der Waals surface area contributed by atoms with Gasteiger partial charge in [0.05, 0.1) is 49.8 Å². The SMILES string of the molecule is COC(=O)/C=C/C(=O)N1CCN(c2nc(OC[C@@H]3CCCN3C)nc3c2CCN(c2cncc4ccccc24)C3)C[C@@H]1CC#N. The first-order valence-corrected chi connectivity index (χ1v) is 15.4. The van der Waals surface area contributed by atoms with E-state index in [9.17, 15) is 14.9 Å². The second kappa shape index (κ2) is 13.5. The Hall–Kier alpha value is -4.76. The van der Waals surface area contributed by atoms with Crippen LogP contribution in [0.2, 0.25) is 0 Å². The number of carbonyl (C=O) groups is 2. The Morgan fingerprint density at radius 2 is 1.93 bits per heavy atom.